The number of hydrogen-bond donors (Lipinski definition) is 0. The fourth-order valence-corrected chi connectivity index (χ4v) is 2.10. The summed E-state index contributed by atoms with van der Waals surface area (Å²) in [5, 5.41) is 0. The second-order valence-electron chi connectivity index (χ2n) is 3.09. The first-order valence-electron chi connectivity index (χ1n) is 4.39. The van der Waals surface area contributed by atoms with E-state index in [9.17, 15) is 9.18 Å². The average Bonchev–Trinajstić information content (AvgIpc) is 2.68. The van der Waals surface area contributed by atoms with Crippen LogP contribution in [0.2, 0.25) is 0 Å². The predicted octanol–water partition coefficient (Wildman–Crippen LogP) is 3.15. The van der Waals surface area contributed by atoms with Crippen LogP contribution in [0.1, 0.15) is 16.6 Å². The first-order valence-corrected chi connectivity index (χ1v) is 5.21. The third-order valence-corrected chi connectivity index (χ3v) is 3.20. The summed E-state index contributed by atoms with van der Waals surface area (Å²) in [6.07, 6.45) is 1.46. The van der Waals surface area contributed by atoms with E-state index in [1.54, 1.807) is 12.1 Å². The Balaban J connectivity index is 2.37. The van der Waals surface area contributed by atoms with E-state index < -0.39 is 5.95 Å². The van der Waals surface area contributed by atoms with Crippen molar-refractivity contribution in [3.63, 3.8) is 0 Å². The van der Waals surface area contributed by atoms with Gasteiger partial charge in [0, 0.05) is 16.6 Å². The fraction of sp³-hybridized carbons (Fsp3) is 0.0909. The molecule has 4 heteroatoms. The van der Waals surface area contributed by atoms with Crippen LogP contribution in [0.25, 0.3) is 10.4 Å². The van der Waals surface area contributed by atoms with Crippen molar-refractivity contribution in [2.45, 2.75) is 6.92 Å². The van der Waals surface area contributed by atoms with Gasteiger partial charge in [-0.1, -0.05) is 0 Å². The second-order valence-corrected chi connectivity index (χ2v) is 4.17. The monoisotopic (exact) mass is 221 g/mol. The summed E-state index contributed by atoms with van der Waals surface area (Å²) in [7, 11) is 0. The van der Waals surface area contributed by atoms with Crippen molar-refractivity contribution in [1.82, 2.24) is 4.98 Å². The van der Waals surface area contributed by atoms with Crippen LogP contribution >= 0.6 is 11.3 Å². The molecule has 15 heavy (non-hydrogen) atoms. The highest BCUT2D eigenvalue weighted by atomic mass is 32.1. The number of rotatable bonds is 2. The molecule has 0 aliphatic heterocycles. The minimum absolute atomic E-state index is 0.0429. The third kappa shape index (κ3) is 2.10. The maximum Gasteiger partial charge on any atom is 0.212 e. The molecule has 0 bridgehead atoms. The van der Waals surface area contributed by atoms with Crippen LogP contribution in [0.15, 0.2) is 30.5 Å². The van der Waals surface area contributed by atoms with E-state index in [2.05, 4.69) is 4.98 Å². The summed E-state index contributed by atoms with van der Waals surface area (Å²) in [4.78, 5) is 16.3. The number of nitrogens with zero attached hydrogens (tertiary/aromatic N) is 1. The summed E-state index contributed by atoms with van der Waals surface area (Å²) < 4.78 is 12.6. The molecule has 0 atom stereocenters. The largest absolute Gasteiger partial charge is 0.294 e. The molecule has 0 amide bonds. The Hall–Kier alpha value is -1.55. The van der Waals surface area contributed by atoms with Gasteiger partial charge in [0.2, 0.25) is 5.95 Å². The topological polar surface area (TPSA) is 30.0 Å². The van der Waals surface area contributed by atoms with Crippen molar-refractivity contribution >= 4 is 17.1 Å². The molecule has 0 aliphatic carbocycles. The van der Waals surface area contributed by atoms with Gasteiger partial charge < -0.3 is 0 Å². The lowest BCUT2D eigenvalue weighted by Crippen LogP contribution is -1.83. The first kappa shape index (κ1) is 9.98. The molecule has 0 spiro atoms. The van der Waals surface area contributed by atoms with Gasteiger partial charge in [0.25, 0.3) is 0 Å². The van der Waals surface area contributed by atoms with Crippen molar-refractivity contribution in [2.75, 3.05) is 0 Å². The number of thiophene rings is 1. The summed E-state index contributed by atoms with van der Waals surface area (Å²) in [5.74, 6) is -0.455. The number of pyridine rings is 1. The molecule has 0 saturated carbocycles. The van der Waals surface area contributed by atoms with Gasteiger partial charge in [0.05, 0.1) is 4.88 Å². The van der Waals surface area contributed by atoms with E-state index in [0.29, 0.717) is 4.88 Å². The Morgan fingerprint density at radius 3 is 2.67 bits per heavy atom. The van der Waals surface area contributed by atoms with Gasteiger partial charge in [-0.2, -0.15) is 4.39 Å². The van der Waals surface area contributed by atoms with Crippen LogP contribution in [-0.4, -0.2) is 10.8 Å². The second kappa shape index (κ2) is 3.90. The van der Waals surface area contributed by atoms with Crippen molar-refractivity contribution in [1.29, 1.82) is 0 Å². The van der Waals surface area contributed by atoms with Gasteiger partial charge >= 0.3 is 0 Å². The lowest BCUT2D eigenvalue weighted by atomic mass is 10.2. The van der Waals surface area contributed by atoms with Gasteiger partial charge in [-0.3, -0.25) is 4.79 Å². The zero-order valence-corrected chi connectivity index (χ0v) is 8.84. The number of aromatic nitrogens is 1. The highest BCUT2D eigenvalue weighted by molar-refractivity contribution is 7.17. The lowest BCUT2D eigenvalue weighted by molar-refractivity contribution is 0.102. The maximum atomic E-state index is 12.6. The van der Waals surface area contributed by atoms with Gasteiger partial charge in [0.15, 0.2) is 5.78 Å². The smallest absolute Gasteiger partial charge is 0.212 e. The number of halogens is 1. The molecular weight excluding hydrogens is 213 g/mol. The number of carbonyl (C=O) groups is 1. The summed E-state index contributed by atoms with van der Waals surface area (Å²) in [6, 6.07) is 6.57. The van der Waals surface area contributed by atoms with Crippen LogP contribution in [0.4, 0.5) is 4.39 Å². The lowest BCUT2D eigenvalue weighted by Gasteiger charge is -1.94. The molecule has 2 heterocycles. The molecule has 0 aromatic carbocycles. The quantitative estimate of drug-likeness (QED) is 0.576. The van der Waals surface area contributed by atoms with Crippen LogP contribution in [0, 0.1) is 5.95 Å². The Morgan fingerprint density at radius 2 is 2.13 bits per heavy atom. The molecule has 0 N–H and O–H groups in total. The van der Waals surface area contributed by atoms with E-state index in [-0.39, 0.29) is 5.78 Å². The maximum absolute atomic E-state index is 12.6. The molecule has 2 aromatic heterocycles. The Morgan fingerprint density at radius 1 is 1.33 bits per heavy atom. The molecule has 0 fully saturated rings. The molecule has 2 aromatic rings. The number of hydrogen-bond acceptors (Lipinski definition) is 3. The zero-order valence-electron chi connectivity index (χ0n) is 8.03. The summed E-state index contributed by atoms with van der Waals surface area (Å²) in [6.45, 7) is 1.53. The van der Waals surface area contributed by atoms with Gasteiger partial charge in [0.1, 0.15) is 0 Å². The van der Waals surface area contributed by atoms with Crippen LogP contribution < -0.4 is 0 Å². The molecule has 0 saturated heterocycles. The molecule has 0 unspecified atom stereocenters. The SMILES string of the molecule is CC(=O)c1ccc(-c2ccc(F)nc2)s1. The normalized spacial score (nSPS) is 10.3. The molecule has 2 nitrogen and oxygen atoms in total. The molecular formula is C11H8FNOS. The Labute approximate surface area is 90.4 Å². The van der Waals surface area contributed by atoms with Gasteiger partial charge in [-0.15, -0.1) is 11.3 Å². The minimum Gasteiger partial charge on any atom is -0.294 e. The minimum atomic E-state index is -0.498. The van der Waals surface area contributed by atoms with E-state index >= 15 is 0 Å². The van der Waals surface area contributed by atoms with Crippen LogP contribution in [0.5, 0.6) is 0 Å². The predicted molar refractivity (Wildman–Crippen MR) is 57.5 cm³/mol. The van der Waals surface area contributed by atoms with Crippen molar-refractivity contribution in [2.24, 2.45) is 0 Å². The van der Waals surface area contributed by atoms with Crippen LogP contribution in [-0.2, 0) is 0 Å². The molecule has 0 aliphatic rings. The van der Waals surface area contributed by atoms with E-state index in [4.69, 9.17) is 0 Å². The fourth-order valence-electron chi connectivity index (χ4n) is 1.20. The van der Waals surface area contributed by atoms with Crippen molar-refractivity contribution < 1.29 is 9.18 Å². The summed E-state index contributed by atoms with van der Waals surface area (Å²) >= 11 is 1.39. The van der Waals surface area contributed by atoms with E-state index in [1.807, 2.05) is 6.07 Å². The number of ketones is 1. The first-order chi connectivity index (χ1) is 7.16. The van der Waals surface area contributed by atoms with Gasteiger partial charge in [-0.25, -0.2) is 4.98 Å². The third-order valence-electron chi connectivity index (χ3n) is 1.96. The van der Waals surface area contributed by atoms with Crippen molar-refractivity contribution in [3.05, 3.63) is 41.3 Å². The molecule has 2 rings (SSSR count). The standard InChI is InChI=1S/C11H8FNOS/c1-7(14)9-3-4-10(15-9)8-2-5-11(12)13-6-8/h2-6H,1H3. The van der Waals surface area contributed by atoms with Crippen LogP contribution in [0.3, 0.4) is 0 Å². The average molecular weight is 221 g/mol. The Bertz CT molecular complexity index is 490. The summed E-state index contributed by atoms with van der Waals surface area (Å²) in [5.41, 5.74) is 0.828. The van der Waals surface area contributed by atoms with Crippen molar-refractivity contribution in [3.8, 4) is 10.4 Å². The van der Waals surface area contributed by atoms with E-state index in [1.165, 1.54) is 30.5 Å². The number of Topliss-reactive ketones (excluding diaryl/α,β-unsaturated/α-hetero) is 1. The highest BCUT2D eigenvalue weighted by Crippen LogP contribution is 2.27. The number of carbonyl (C=O) groups excluding carboxylic acids is 1. The molecule has 0 radical (unpaired) electrons. The van der Waals surface area contributed by atoms with E-state index in [0.717, 1.165) is 10.4 Å². The zero-order chi connectivity index (χ0) is 10.8. The van der Waals surface area contributed by atoms with Gasteiger partial charge in [-0.05, 0) is 31.2 Å². The molecule has 76 valence electrons. The Kier molecular flexibility index (Phi) is 2.60. The highest BCUT2D eigenvalue weighted by Gasteiger charge is 2.06.